The molecule has 0 spiro atoms. The van der Waals surface area contributed by atoms with Gasteiger partial charge in [-0.25, -0.2) is 19.9 Å². The van der Waals surface area contributed by atoms with Crippen LogP contribution in [0.2, 0.25) is 5.15 Å². The molecule has 60 heavy (non-hydrogen) atoms. The predicted octanol–water partition coefficient (Wildman–Crippen LogP) is 11.6. The summed E-state index contributed by atoms with van der Waals surface area (Å²) in [6.45, 7) is 8.00. The molecule has 0 fully saturated rings. The molecule has 0 unspecified atom stereocenters. The molecule has 0 saturated carbocycles. The van der Waals surface area contributed by atoms with E-state index in [2.05, 4.69) is 31.7 Å². The average molecular weight is 832 g/mol. The Hall–Kier alpha value is -7.23. The number of fused-ring (bicyclic) bond motifs is 4. The van der Waals surface area contributed by atoms with Crippen molar-refractivity contribution in [1.29, 1.82) is 0 Å². The summed E-state index contributed by atoms with van der Waals surface area (Å²) in [5.41, 5.74) is 8.72. The Morgan fingerprint density at radius 3 is 1.48 bits per heavy atom. The van der Waals surface area contributed by atoms with E-state index >= 15 is 0 Å². The molecule has 12 nitrogen and oxygen atoms in total. The molecule has 0 saturated heterocycles. The molecule has 314 valence electrons. The van der Waals surface area contributed by atoms with Crippen molar-refractivity contribution in [1.82, 2.24) is 19.9 Å². The Labute approximate surface area is 356 Å². The third-order valence-electron chi connectivity index (χ3n) is 8.32. The first-order chi connectivity index (χ1) is 28.8. The third kappa shape index (κ3) is 11.5. The van der Waals surface area contributed by atoms with Crippen molar-refractivity contribution in [2.75, 3.05) is 39.5 Å². The van der Waals surface area contributed by atoms with Crippen LogP contribution in [0.1, 0.15) is 35.1 Å². The first-order valence-electron chi connectivity index (χ1n) is 18.4. The summed E-state index contributed by atoms with van der Waals surface area (Å²) in [7, 11) is 6.33. The second kappa shape index (κ2) is 24.5. The summed E-state index contributed by atoms with van der Waals surface area (Å²) in [6.07, 6.45) is 11.9. The molecule has 8 aromatic rings. The number of nitrogens with one attached hydrogen (secondary N) is 1. The van der Waals surface area contributed by atoms with Crippen molar-refractivity contribution < 1.29 is 29.2 Å². The van der Waals surface area contributed by atoms with Gasteiger partial charge >= 0.3 is 0 Å². The van der Waals surface area contributed by atoms with E-state index in [4.69, 9.17) is 42.7 Å². The fourth-order valence-electron chi connectivity index (χ4n) is 5.66. The summed E-state index contributed by atoms with van der Waals surface area (Å²) in [4.78, 5) is 16.7. The zero-order valence-electron chi connectivity index (χ0n) is 34.2. The van der Waals surface area contributed by atoms with Crippen LogP contribution in [0.25, 0.3) is 43.4 Å². The van der Waals surface area contributed by atoms with Crippen LogP contribution >= 0.6 is 11.6 Å². The highest BCUT2D eigenvalue weighted by molar-refractivity contribution is 6.34. The van der Waals surface area contributed by atoms with E-state index in [0.29, 0.717) is 39.7 Å². The van der Waals surface area contributed by atoms with E-state index in [0.717, 1.165) is 49.0 Å². The predicted molar refractivity (Wildman–Crippen MR) is 247 cm³/mol. The van der Waals surface area contributed by atoms with Gasteiger partial charge in [0.2, 0.25) is 0 Å². The number of methoxy groups -OCH3 is 4. The van der Waals surface area contributed by atoms with Gasteiger partial charge in [-0.2, -0.15) is 0 Å². The molecular weight excluding hydrogens is 780 g/mol. The van der Waals surface area contributed by atoms with Gasteiger partial charge in [-0.3, -0.25) is 0 Å². The quantitative estimate of drug-likeness (QED) is 0.0412. The maximum absolute atomic E-state index is 10.1. The summed E-state index contributed by atoms with van der Waals surface area (Å²) < 4.78 is 21.0. The fraction of sp³-hybridized carbons (Fsp3) is 0.191. The Bertz CT molecular complexity index is 2580. The molecule has 0 radical (unpaired) electrons. The number of nitrogens with two attached hydrogens (primary N) is 1. The summed E-state index contributed by atoms with van der Waals surface area (Å²) in [5, 5.41) is 28.2. The van der Waals surface area contributed by atoms with E-state index in [1.54, 1.807) is 58.8 Å². The Kier molecular flexibility index (Phi) is 20.0. The van der Waals surface area contributed by atoms with Gasteiger partial charge in [0, 0.05) is 55.8 Å². The van der Waals surface area contributed by atoms with Crippen LogP contribution in [0.15, 0.2) is 110 Å². The molecule has 0 amide bonds. The second-order valence-corrected chi connectivity index (χ2v) is 11.7. The van der Waals surface area contributed by atoms with Crippen molar-refractivity contribution in [3.05, 3.63) is 121 Å². The number of rotatable bonds is 6. The minimum absolute atomic E-state index is 0. The summed E-state index contributed by atoms with van der Waals surface area (Å²) in [5.74, 6) is 3.62. The van der Waals surface area contributed by atoms with Crippen molar-refractivity contribution in [2.24, 2.45) is 0 Å². The number of hydrogen-bond acceptors (Lipinski definition) is 12. The summed E-state index contributed by atoms with van der Waals surface area (Å²) in [6, 6.07) is 29.2. The molecule has 2 aromatic heterocycles. The minimum Gasteiger partial charge on any atom is -0.697 e. The molecule has 0 aliphatic rings. The number of phenolic OH excluding ortho intramolecular Hbond substituents is 2. The lowest BCUT2D eigenvalue weighted by Gasteiger charge is -2.13. The number of aromatic nitrogens is 4. The van der Waals surface area contributed by atoms with E-state index in [-0.39, 0.29) is 18.9 Å². The maximum Gasteiger partial charge on any atom is 0.162 e. The molecule has 0 aliphatic carbocycles. The van der Waals surface area contributed by atoms with Crippen molar-refractivity contribution >= 4 is 72.1 Å². The number of nitrogens with zero attached hydrogens (tertiary/aromatic N) is 4. The topological polar surface area (TPSA) is 167 Å². The van der Waals surface area contributed by atoms with E-state index in [1.165, 1.54) is 12.7 Å². The molecule has 2 heterocycles. The lowest BCUT2D eigenvalue weighted by Crippen LogP contribution is -1.98. The highest BCUT2D eigenvalue weighted by Crippen LogP contribution is 2.37. The Balaban J connectivity index is 0.000000311. The number of hydrogen-bond donors (Lipinski definition) is 4. The molecule has 6 aromatic carbocycles. The van der Waals surface area contributed by atoms with Crippen molar-refractivity contribution in [2.45, 2.75) is 35.1 Å². The van der Waals surface area contributed by atoms with Gasteiger partial charge in [0.05, 0.1) is 39.5 Å². The first kappa shape index (κ1) is 48.9. The van der Waals surface area contributed by atoms with Crippen molar-refractivity contribution in [3.8, 4) is 40.9 Å². The molecule has 8 rings (SSSR count). The monoisotopic (exact) mass is 831 g/mol. The molecule has 5 N–H and O–H groups in total. The maximum atomic E-state index is 10.1. The van der Waals surface area contributed by atoms with Gasteiger partial charge in [0.25, 0.3) is 0 Å². The second-order valence-electron chi connectivity index (χ2n) is 11.4. The van der Waals surface area contributed by atoms with Gasteiger partial charge in [-0.1, -0.05) is 95.3 Å². The lowest BCUT2D eigenvalue weighted by molar-refractivity contribution is 0.356. The van der Waals surface area contributed by atoms with Gasteiger partial charge in [0.1, 0.15) is 35.1 Å². The molecule has 0 bridgehead atoms. The van der Waals surface area contributed by atoms with Crippen LogP contribution < -0.4 is 30.0 Å². The highest BCUT2D eigenvalue weighted by atomic mass is 35.5. The van der Waals surface area contributed by atoms with Gasteiger partial charge in [0.15, 0.2) is 23.0 Å². The zero-order valence-corrected chi connectivity index (χ0v) is 35.0. The Morgan fingerprint density at radius 2 is 0.967 bits per heavy atom. The number of anilines is 3. The number of benzene rings is 6. The molecular formula is C47H52ClN6O6-. The number of terminal acetylenes is 1. The number of aromatic hydroxyl groups is 2. The number of nitrogen functional groups attached to an aromatic ring is 1. The zero-order chi connectivity index (χ0) is 43.5. The molecule has 0 aliphatic heterocycles. The number of halogens is 1. The molecule has 13 heteroatoms. The van der Waals surface area contributed by atoms with Crippen LogP contribution in [-0.4, -0.2) is 58.6 Å². The average Bonchev–Trinajstić information content (AvgIpc) is 3.30. The normalized spacial score (nSPS) is 9.58. The van der Waals surface area contributed by atoms with Crippen LogP contribution in [0.4, 0.5) is 17.2 Å². The van der Waals surface area contributed by atoms with Crippen LogP contribution in [-0.2, 0) is 0 Å². The fourth-order valence-corrected chi connectivity index (χ4v) is 5.86. The standard InChI is InChI=1S/C20H17N3O3.C10H9ClN2O2.C10H9NO.2C2H6.C2H.CH4/c1-25-18-9-14-16(10-19(18)26-2)21-11-22-20(14)23-15-7-8-17(24)13-6-4-3-5-12(13)15;1-14-8-3-6-7(4-9(8)15-2)12-5-13-10(6)11;11-9-5-6-10(12)8-4-2-1-3-7(8)9;3*1-2;/h3-11,24H,1-2H3,(H,21,22,23);3-5H,1-2H3;1-6,12H,11H2;2*1-2H3;1H;1H4/q;;;;;-1;. The number of ether oxygens (including phenoxy) is 4. The SMILES string of the molecule is C.CC.CC.COc1cc2ncnc(Cl)c2cc1OC.COc1cc2ncnc(Nc3ccc(O)c4ccccc34)c2cc1OC.Nc1ccc(O)c2ccccc12.[C-]#C. The smallest absolute Gasteiger partial charge is 0.162 e. The van der Waals surface area contributed by atoms with Crippen molar-refractivity contribution in [3.63, 3.8) is 0 Å². The highest BCUT2D eigenvalue weighted by Gasteiger charge is 2.13. The van der Waals surface area contributed by atoms with E-state index in [9.17, 15) is 10.2 Å². The minimum atomic E-state index is 0. The van der Waals surface area contributed by atoms with E-state index in [1.807, 2.05) is 94.4 Å². The van der Waals surface area contributed by atoms with Gasteiger partial charge in [-0.15, -0.1) is 0 Å². The largest absolute Gasteiger partial charge is 0.697 e. The van der Waals surface area contributed by atoms with E-state index < -0.39 is 0 Å². The first-order valence-corrected chi connectivity index (χ1v) is 18.8. The lowest BCUT2D eigenvalue weighted by atomic mass is 10.1. The van der Waals surface area contributed by atoms with Gasteiger partial charge in [-0.05, 0) is 36.4 Å². The number of phenols is 2. The Morgan fingerprint density at radius 1 is 0.550 bits per heavy atom. The molecule has 0 atom stereocenters. The van der Waals surface area contributed by atoms with Crippen LogP contribution in [0, 0.1) is 12.8 Å². The van der Waals surface area contributed by atoms with Crippen LogP contribution in [0.5, 0.6) is 34.5 Å². The summed E-state index contributed by atoms with van der Waals surface area (Å²) >= 11 is 5.93. The van der Waals surface area contributed by atoms with Crippen LogP contribution in [0.3, 0.4) is 0 Å². The van der Waals surface area contributed by atoms with Gasteiger partial charge < -0.3 is 53.1 Å². The third-order valence-corrected chi connectivity index (χ3v) is 8.62.